The minimum atomic E-state index is -0.140. The summed E-state index contributed by atoms with van der Waals surface area (Å²) in [4.78, 5) is 0. The van der Waals surface area contributed by atoms with Crippen LogP contribution in [0.5, 0.6) is 5.75 Å². The molecule has 0 aliphatic carbocycles. The molecule has 0 saturated carbocycles. The Balaban J connectivity index is 1.93. The summed E-state index contributed by atoms with van der Waals surface area (Å²) in [6.45, 7) is 4.49. The summed E-state index contributed by atoms with van der Waals surface area (Å²) >= 11 is 5.98. The zero-order valence-corrected chi connectivity index (χ0v) is 13.0. The molecule has 0 amide bonds. The monoisotopic (exact) mass is 299 g/mol. The molecular weight excluding hydrogens is 282 g/mol. The van der Waals surface area contributed by atoms with E-state index in [4.69, 9.17) is 16.3 Å². The zero-order chi connectivity index (χ0) is 15.2. The number of ether oxygens (including phenoxy) is 1. The number of benzene rings is 2. The van der Waals surface area contributed by atoms with Crippen molar-refractivity contribution in [2.45, 2.75) is 26.2 Å². The molecule has 21 heavy (non-hydrogen) atoms. The van der Waals surface area contributed by atoms with E-state index >= 15 is 0 Å². The number of nitriles is 1. The Morgan fingerprint density at radius 1 is 1.14 bits per heavy atom. The summed E-state index contributed by atoms with van der Waals surface area (Å²) in [5.41, 5.74) is 3.23. The third-order valence-corrected chi connectivity index (χ3v) is 3.86. The Morgan fingerprint density at radius 2 is 1.86 bits per heavy atom. The van der Waals surface area contributed by atoms with Gasteiger partial charge in [0, 0.05) is 11.4 Å². The predicted octanol–water partition coefficient (Wildman–Crippen LogP) is 5.03. The Morgan fingerprint density at radius 3 is 2.48 bits per heavy atom. The maximum Gasteiger partial charge on any atom is 0.119 e. The second-order valence-corrected chi connectivity index (χ2v) is 5.55. The molecule has 0 aliphatic rings. The molecule has 0 fully saturated rings. The number of hydrogen-bond donors (Lipinski definition) is 0. The summed E-state index contributed by atoms with van der Waals surface area (Å²) in [7, 11) is 0. The van der Waals surface area contributed by atoms with E-state index < -0.39 is 0 Å². The van der Waals surface area contributed by atoms with Gasteiger partial charge in [0.25, 0.3) is 0 Å². The van der Waals surface area contributed by atoms with Gasteiger partial charge < -0.3 is 4.74 Å². The fraction of sp³-hybridized carbons (Fsp3) is 0.278. The van der Waals surface area contributed by atoms with Crippen molar-refractivity contribution >= 4 is 11.6 Å². The lowest BCUT2D eigenvalue weighted by atomic mass is 9.97. The molecule has 0 spiro atoms. The van der Waals surface area contributed by atoms with E-state index in [0.717, 1.165) is 21.9 Å². The molecule has 3 heteroatoms. The van der Waals surface area contributed by atoms with Gasteiger partial charge in [-0.05, 0) is 43.2 Å². The molecule has 0 aromatic heterocycles. The molecule has 0 radical (unpaired) electrons. The first kappa shape index (κ1) is 15.4. The molecule has 2 rings (SSSR count). The van der Waals surface area contributed by atoms with Crippen LogP contribution in [0.3, 0.4) is 0 Å². The normalized spacial score (nSPS) is 11.7. The summed E-state index contributed by atoms with van der Waals surface area (Å²) < 4.78 is 5.71. The van der Waals surface area contributed by atoms with Crippen molar-refractivity contribution in [3.63, 3.8) is 0 Å². The first-order valence-electron chi connectivity index (χ1n) is 6.95. The van der Waals surface area contributed by atoms with Gasteiger partial charge in [0.15, 0.2) is 0 Å². The van der Waals surface area contributed by atoms with Gasteiger partial charge >= 0.3 is 0 Å². The van der Waals surface area contributed by atoms with Gasteiger partial charge in [-0.2, -0.15) is 5.26 Å². The molecule has 2 aromatic rings. The van der Waals surface area contributed by atoms with Gasteiger partial charge in [-0.1, -0.05) is 41.4 Å². The molecule has 0 aliphatic heterocycles. The van der Waals surface area contributed by atoms with Crippen molar-refractivity contribution in [3.8, 4) is 11.8 Å². The van der Waals surface area contributed by atoms with Crippen molar-refractivity contribution in [1.82, 2.24) is 0 Å². The van der Waals surface area contributed by atoms with E-state index in [9.17, 15) is 5.26 Å². The molecule has 0 bridgehead atoms. The van der Waals surface area contributed by atoms with Crippen molar-refractivity contribution in [3.05, 3.63) is 64.2 Å². The molecule has 1 unspecified atom stereocenters. The maximum atomic E-state index is 9.30. The lowest BCUT2D eigenvalue weighted by Crippen LogP contribution is -2.04. The average molecular weight is 300 g/mol. The Hall–Kier alpha value is -1.98. The van der Waals surface area contributed by atoms with E-state index in [1.165, 1.54) is 5.56 Å². The Kier molecular flexibility index (Phi) is 5.25. The van der Waals surface area contributed by atoms with Crippen LogP contribution in [0.4, 0.5) is 0 Å². The van der Waals surface area contributed by atoms with E-state index in [1.54, 1.807) is 0 Å². The fourth-order valence-electron chi connectivity index (χ4n) is 2.11. The molecule has 0 N–H and O–H groups in total. The molecule has 108 valence electrons. The molecule has 1 atom stereocenters. The van der Waals surface area contributed by atoms with Crippen molar-refractivity contribution in [2.75, 3.05) is 6.61 Å². The summed E-state index contributed by atoms with van der Waals surface area (Å²) in [5, 5.41) is 10.0. The first-order chi connectivity index (χ1) is 10.1. The molecule has 2 aromatic carbocycles. The van der Waals surface area contributed by atoms with Gasteiger partial charge in [0.1, 0.15) is 5.75 Å². The molecule has 2 nitrogen and oxygen atoms in total. The third kappa shape index (κ3) is 4.24. The van der Waals surface area contributed by atoms with Gasteiger partial charge in [0.2, 0.25) is 0 Å². The number of halogens is 1. The van der Waals surface area contributed by atoms with E-state index in [0.29, 0.717) is 13.0 Å². The van der Waals surface area contributed by atoms with Crippen LogP contribution in [0, 0.1) is 25.2 Å². The molecule has 0 heterocycles. The minimum absolute atomic E-state index is 0.140. The standard InChI is InChI=1S/C18H18ClNO/c1-13-3-5-15(6-4-13)16(12-20)9-10-21-17-7-8-18(19)14(2)11-17/h3-8,11,16H,9-10H2,1-2H3. The maximum absolute atomic E-state index is 9.30. The number of aryl methyl sites for hydroxylation is 2. The first-order valence-corrected chi connectivity index (χ1v) is 7.33. The number of rotatable bonds is 5. The van der Waals surface area contributed by atoms with E-state index in [2.05, 4.69) is 6.07 Å². The van der Waals surface area contributed by atoms with Crippen molar-refractivity contribution < 1.29 is 4.74 Å². The third-order valence-electron chi connectivity index (χ3n) is 3.44. The zero-order valence-electron chi connectivity index (χ0n) is 12.3. The van der Waals surface area contributed by atoms with Gasteiger partial charge in [-0.15, -0.1) is 0 Å². The molecular formula is C18H18ClNO. The van der Waals surface area contributed by atoms with Gasteiger partial charge in [-0.25, -0.2) is 0 Å². The van der Waals surface area contributed by atoms with E-state index in [1.807, 2.05) is 56.3 Å². The predicted molar refractivity (Wildman–Crippen MR) is 85.8 cm³/mol. The van der Waals surface area contributed by atoms with Crippen LogP contribution in [0.1, 0.15) is 29.0 Å². The lowest BCUT2D eigenvalue weighted by molar-refractivity contribution is 0.306. The van der Waals surface area contributed by atoms with Crippen LogP contribution < -0.4 is 4.74 Å². The van der Waals surface area contributed by atoms with Gasteiger partial charge in [0.05, 0.1) is 18.6 Å². The quantitative estimate of drug-likeness (QED) is 0.775. The summed E-state index contributed by atoms with van der Waals surface area (Å²) in [5.74, 6) is 0.650. The highest BCUT2D eigenvalue weighted by molar-refractivity contribution is 6.31. The Bertz CT molecular complexity index is 643. The summed E-state index contributed by atoms with van der Waals surface area (Å²) in [6.07, 6.45) is 0.668. The summed E-state index contributed by atoms with van der Waals surface area (Å²) in [6, 6.07) is 16.0. The van der Waals surface area contributed by atoms with Crippen LogP contribution in [0.15, 0.2) is 42.5 Å². The molecule has 0 saturated heterocycles. The average Bonchev–Trinajstić information content (AvgIpc) is 2.48. The van der Waals surface area contributed by atoms with Crippen molar-refractivity contribution in [1.29, 1.82) is 5.26 Å². The minimum Gasteiger partial charge on any atom is -0.494 e. The van der Waals surface area contributed by atoms with Crippen molar-refractivity contribution in [2.24, 2.45) is 0 Å². The highest BCUT2D eigenvalue weighted by Crippen LogP contribution is 2.23. The highest BCUT2D eigenvalue weighted by atomic mass is 35.5. The highest BCUT2D eigenvalue weighted by Gasteiger charge is 2.10. The second-order valence-electron chi connectivity index (χ2n) is 5.14. The van der Waals surface area contributed by atoms with Crippen LogP contribution in [0.25, 0.3) is 0 Å². The largest absolute Gasteiger partial charge is 0.494 e. The van der Waals surface area contributed by atoms with Gasteiger partial charge in [-0.3, -0.25) is 0 Å². The Labute approximate surface area is 130 Å². The second kappa shape index (κ2) is 7.15. The van der Waals surface area contributed by atoms with Crippen LogP contribution in [0.2, 0.25) is 5.02 Å². The lowest BCUT2D eigenvalue weighted by Gasteiger charge is -2.12. The fourth-order valence-corrected chi connectivity index (χ4v) is 2.22. The van der Waals surface area contributed by atoms with Crippen LogP contribution in [-0.4, -0.2) is 6.61 Å². The number of nitrogens with zero attached hydrogens (tertiary/aromatic N) is 1. The van der Waals surface area contributed by atoms with E-state index in [-0.39, 0.29) is 5.92 Å². The topological polar surface area (TPSA) is 33.0 Å². The number of hydrogen-bond acceptors (Lipinski definition) is 2. The van der Waals surface area contributed by atoms with Crippen LogP contribution in [-0.2, 0) is 0 Å². The van der Waals surface area contributed by atoms with Crippen LogP contribution >= 0.6 is 11.6 Å². The SMILES string of the molecule is Cc1ccc(C(C#N)CCOc2ccc(Cl)c(C)c2)cc1. The smallest absolute Gasteiger partial charge is 0.119 e.